The van der Waals surface area contributed by atoms with Crippen molar-refractivity contribution in [3.8, 4) is 0 Å². The predicted octanol–water partition coefficient (Wildman–Crippen LogP) is 3.39. The van der Waals surface area contributed by atoms with Crippen molar-refractivity contribution in [1.29, 1.82) is 0 Å². The molecular formula is C12H10O2S. The van der Waals surface area contributed by atoms with Crippen molar-refractivity contribution in [2.45, 2.75) is 6.42 Å². The summed E-state index contributed by atoms with van der Waals surface area (Å²) in [6.07, 6.45) is 3.58. The van der Waals surface area contributed by atoms with Gasteiger partial charge < -0.3 is 5.11 Å². The molecule has 0 unspecified atom stereocenters. The largest absolute Gasteiger partial charge is 0.481 e. The van der Waals surface area contributed by atoms with E-state index in [1.807, 2.05) is 18.2 Å². The lowest BCUT2D eigenvalue weighted by Gasteiger charge is -1.93. The van der Waals surface area contributed by atoms with Gasteiger partial charge in [0.2, 0.25) is 0 Å². The van der Waals surface area contributed by atoms with Crippen LogP contribution in [-0.4, -0.2) is 11.1 Å². The Balaban J connectivity index is 2.21. The minimum absolute atomic E-state index is 0.0719. The van der Waals surface area contributed by atoms with Crippen LogP contribution in [0.25, 0.3) is 16.2 Å². The first-order valence-corrected chi connectivity index (χ1v) is 5.49. The van der Waals surface area contributed by atoms with E-state index in [2.05, 4.69) is 17.5 Å². The maximum Gasteiger partial charge on any atom is 0.307 e. The van der Waals surface area contributed by atoms with Gasteiger partial charge in [0.05, 0.1) is 6.42 Å². The molecule has 0 saturated carbocycles. The number of hydrogen-bond donors (Lipinski definition) is 1. The summed E-state index contributed by atoms with van der Waals surface area (Å²) in [5.41, 5.74) is 1.05. The molecule has 0 radical (unpaired) electrons. The molecule has 0 amide bonds. The molecule has 1 N–H and O–H groups in total. The molecule has 15 heavy (non-hydrogen) atoms. The number of carboxylic acid groups (broad SMARTS) is 1. The van der Waals surface area contributed by atoms with Crippen molar-refractivity contribution < 1.29 is 9.90 Å². The van der Waals surface area contributed by atoms with Gasteiger partial charge >= 0.3 is 5.97 Å². The third-order valence-corrected chi connectivity index (χ3v) is 2.96. The number of carbonyl (C=O) groups is 1. The lowest BCUT2D eigenvalue weighted by atomic mass is 10.1. The average molecular weight is 218 g/mol. The van der Waals surface area contributed by atoms with E-state index in [1.165, 1.54) is 10.1 Å². The minimum Gasteiger partial charge on any atom is -0.481 e. The van der Waals surface area contributed by atoms with Crippen LogP contribution in [-0.2, 0) is 4.79 Å². The number of fused-ring (bicyclic) bond motifs is 1. The molecule has 0 spiro atoms. The van der Waals surface area contributed by atoms with Crippen LogP contribution in [0.5, 0.6) is 0 Å². The second kappa shape index (κ2) is 4.28. The van der Waals surface area contributed by atoms with E-state index >= 15 is 0 Å². The zero-order valence-corrected chi connectivity index (χ0v) is 8.83. The van der Waals surface area contributed by atoms with E-state index in [-0.39, 0.29) is 6.42 Å². The highest BCUT2D eigenvalue weighted by Crippen LogP contribution is 2.22. The fraction of sp³-hybridized carbons (Fsp3) is 0.0833. The Morgan fingerprint density at radius 3 is 3.07 bits per heavy atom. The van der Waals surface area contributed by atoms with Gasteiger partial charge in [-0.1, -0.05) is 24.3 Å². The molecule has 1 aromatic carbocycles. The first kappa shape index (κ1) is 9.93. The molecule has 2 nitrogen and oxygen atoms in total. The van der Waals surface area contributed by atoms with E-state index in [9.17, 15) is 4.79 Å². The topological polar surface area (TPSA) is 37.3 Å². The summed E-state index contributed by atoms with van der Waals surface area (Å²) < 4.78 is 1.23. The first-order valence-electron chi connectivity index (χ1n) is 4.61. The van der Waals surface area contributed by atoms with Crippen LogP contribution in [0, 0.1) is 0 Å². The lowest BCUT2D eigenvalue weighted by molar-refractivity contribution is -0.135. The Kier molecular flexibility index (Phi) is 2.83. The summed E-state index contributed by atoms with van der Waals surface area (Å²) in [6.45, 7) is 0. The van der Waals surface area contributed by atoms with Crippen LogP contribution in [0.15, 0.2) is 35.7 Å². The molecular weight excluding hydrogens is 208 g/mol. The number of hydrogen-bond acceptors (Lipinski definition) is 2. The highest BCUT2D eigenvalue weighted by Gasteiger charge is 1.95. The SMILES string of the molecule is O=C(O)CC=Cc1ccc2ccsc2c1. The van der Waals surface area contributed by atoms with Crippen molar-refractivity contribution in [3.05, 3.63) is 41.3 Å². The number of rotatable bonds is 3. The van der Waals surface area contributed by atoms with Crippen LogP contribution in [0.2, 0.25) is 0 Å². The summed E-state index contributed by atoms with van der Waals surface area (Å²) in [4.78, 5) is 10.3. The predicted molar refractivity (Wildman–Crippen MR) is 63.1 cm³/mol. The first-order chi connectivity index (χ1) is 7.25. The molecule has 0 saturated heterocycles. The molecule has 76 valence electrons. The van der Waals surface area contributed by atoms with Crippen LogP contribution in [0.1, 0.15) is 12.0 Å². The average Bonchev–Trinajstić information content (AvgIpc) is 2.64. The molecule has 1 heterocycles. The maximum atomic E-state index is 10.3. The number of carboxylic acids is 1. The Morgan fingerprint density at radius 2 is 2.27 bits per heavy atom. The van der Waals surface area contributed by atoms with Gasteiger partial charge in [-0.15, -0.1) is 11.3 Å². The normalized spacial score (nSPS) is 11.2. The summed E-state index contributed by atoms with van der Waals surface area (Å²) in [5, 5.41) is 11.8. The van der Waals surface area contributed by atoms with Crippen molar-refractivity contribution in [1.82, 2.24) is 0 Å². The fourth-order valence-corrected chi connectivity index (χ4v) is 2.21. The van der Waals surface area contributed by atoms with Gasteiger partial charge in [0.1, 0.15) is 0 Å². The zero-order chi connectivity index (χ0) is 10.7. The number of aliphatic carboxylic acids is 1. The maximum absolute atomic E-state index is 10.3. The van der Waals surface area contributed by atoms with E-state index < -0.39 is 5.97 Å². The Morgan fingerprint density at radius 1 is 1.40 bits per heavy atom. The van der Waals surface area contributed by atoms with Gasteiger partial charge in [0.15, 0.2) is 0 Å². The Bertz CT molecular complexity index is 511. The van der Waals surface area contributed by atoms with Gasteiger partial charge in [-0.2, -0.15) is 0 Å². The lowest BCUT2D eigenvalue weighted by Crippen LogP contribution is -1.89. The highest BCUT2D eigenvalue weighted by atomic mass is 32.1. The number of benzene rings is 1. The van der Waals surface area contributed by atoms with Gasteiger partial charge in [-0.25, -0.2) is 0 Å². The van der Waals surface area contributed by atoms with E-state index in [1.54, 1.807) is 17.4 Å². The molecule has 3 heteroatoms. The van der Waals surface area contributed by atoms with Crippen LogP contribution >= 0.6 is 11.3 Å². The highest BCUT2D eigenvalue weighted by molar-refractivity contribution is 7.17. The third-order valence-electron chi connectivity index (χ3n) is 2.08. The summed E-state index contributed by atoms with van der Waals surface area (Å²) in [7, 11) is 0. The molecule has 0 aliphatic rings. The molecule has 2 aromatic rings. The monoisotopic (exact) mass is 218 g/mol. The van der Waals surface area contributed by atoms with Gasteiger partial charge in [0, 0.05) is 4.70 Å². The quantitative estimate of drug-likeness (QED) is 0.857. The molecule has 0 bridgehead atoms. The molecule has 0 aliphatic carbocycles. The van der Waals surface area contributed by atoms with Crippen LogP contribution < -0.4 is 0 Å². The van der Waals surface area contributed by atoms with Crippen molar-refractivity contribution >= 4 is 33.5 Å². The Hall–Kier alpha value is -1.61. The van der Waals surface area contributed by atoms with Crippen molar-refractivity contribution in [3.63, 3.8) is 0 Å². The second-order valence-electron chi connectivity index (χ2n) is 3.22. The smallest absolute Gasteiger partial charge is 0.307 e. The zero-order valence-electron chi connectivity index (χ0n) is 8.01. The van der Waals surface area contributed by atoms with Crippen LogP contribution in [0.4, 0.5) is 0 Å². The van der Waals surface area contributed by atoms with Crippen molar-refractivity contribution in [2.75, 3.05) is 0 Å². The minimum atomic E-state index is -0.802. The van der Waals surface area contributed by atoms with Crippen molar-refractivity contribution in [2.24, 2.45) is 0 Å². The van der Waals surface area contributed by atoms with E-state index in [4.69, 9.17) is 5.11 Å². The standard InChI is InChI=1S/C12H10O2S/c13-12(14)3-1-2-9-4-5-10-6-7-15-11(10)8-9/h1-2,4-8H,3H2,(H,13,14). The van der Waals surface area contributed by atoms with E-state index in [0.717, 1.165) is 5.56 Å². The molecule has 0 aliphatic heterocycles. The second-order valence-corrected chi connectivity index (χ2v) is 4.17. The van der Waals surface area contributed by atoms with Gasteiger partial charge in [-0.05, 0) is 28.5 Å². The van der Waals surface area contributed by atoms with Gasteiger partial charge in [0.25, 0.3) is 0 Å². The molecule has 2 rings (SSSR count). The fourth-order valence-electron chi connectivity index (χ4n) is 1.37. The number of thiophene rings is 1. The summed E-state index contributed by atoms with van der Waals surface area (Å²) in [5.74, 6) is -0.802. The molecule has 1 aromatic heterocycles. The molecule has 0 fully saturated rings. The third kappa shape index (κ3) is 2.44. The summed E-state index contributed by atoms with van der Waals surface area (Å²) >= 11 is 1.69. The molecule has 0 atom stereocenters. The van der Waals surface area contributed by atoms with Gasteiger partial charge in [-0.3, -0.25) is 4.79 Å². The summed E-state index contributed by atoms with van der Waals surface area (Å²) in [6, 6.07) is 8.18. The van der Waals surface area contributed by atoms with Crippen LogP contribution in [0.3, 0.4) is 0 Å². The van der Waals surface area contributed by atoms with E-state index in [0.29, 0.717) is 0 Å². The Labute approximate surface area is 91.5 Å².